The summed E-state index contributed by atoms with van der Waals surface area (Å²) >= 11 is 1.93. The maximum Gasteiger partial charge on any atom is 0.0533 e. The highest BCUT2D eigenvalue weighted by Gasteiger charge is 2.27. The normalized spacial score (nSPS) is 25.3. The van der Waals surface area contributed by atoms with Crippen molar-refractivity contribution in [3.63, 3.8) is 0 Å². The molecule has 0 spiro atoms. The van der Waals surface area contributed by atoms with Crippen LogP contribution in [0.5, 0.6) is 0 Å². The zero-order chi connectivity index (χ0) is 15.0. The monoisotopic (exact) mass is 302 g/mol. The molecule has 3 rings (SSSR count). The number of nitrogens with one attached hydrogen (secondary N) is 1. The van der Waals surface area contributed by atoms with Gasteiger partial charge in [0.1, 0.15) is 0 Å². The summed E-state index contributed by atoms with van der Waals surface area (Å²) < 4.78 is 1.40. The van der Waals surface area contributed by atoms with Crippen molar-refractivity contribution in [3.05, 3.63) is 34.7 Å². The van der Waals surface area contributed by atoms with Crippen LogP contribution in [-0.4, -0.2) is 17.1 Å². The molecule has 21 heavy (non-hydrogen) atoms. The number of hydrogen-bond donors (Lipinski definition) is 1. The Morgan fingerprint density at radius 3 is 2.52 bits per heavy atom. The van der Waals surface area contributed by atoms with Crippen molar-refractivity contribution in [2.24, 2.45) is 0 Å². The molecule has 1 N–H and O–H groups in total. The lowest BCUT2D eigenvalue weighted by Gasteiger charge is -2.40. The third kappa shape index (κ3) is 2.87. The first-order valence-electron chi connectivity index (χ1n) is 8.10. The smallest absolute Gasteiger partial charge is 0.0533 e. The number of aryl methyl sites for hydroxylation is 1. The Labute approximate surface area is 132 Å². The van der Waals surface area contributed by atoms with E-state index in [0.717, 1.165) is 0 Å². The molecule has 0 saturated carbocycles. The van der Waals surface area contributed by atoms with E-state index in [9.17, 15) is 0 Å². The molecule has 1 saturated heterocycles. The van der Waals surface area contributed by atoms with Crippen molar-refractivity contribution in [2.45, 2.75) is 65.1 Å². The Morgan fingerprint density at radius 1 is 1.19 bits per heavy atom. The first-order chi connectivity index (χ1) is 10.1. The third-order valence-corrected chi connectivity index (χ3v) is 6.27. The van der Waals surface area contributed by atoms with Gasteiger partial charge in [-0.1, -0.05) is 24.6 Å². The first kappa shape index (κ1) is 15.0. The predicted molar refractivity (Wildman–Crippen MR) is 92.7 cm³/mol. The van der Waals surface area contributed by atoms with E-state index in [1.165, 1.54) is 39.8 Å². The topological polar surface area (TPSA) is 15.3 Å². The second-order valence-corrected chi connectivity index (χ2v) is 7.56. The Hall–Kier alpha value is -0.900. The molecule has 0 amide bonds. The molecule has 3 unspecified atom stereocenters. The summed E-state index contributed by atoms with van der Waals surface area (Å²) in [5.41, 5.74) is 5.22. The molecule has 2 nitrogen and oxygen atoms in total. The molecule has 2 heterocycles. The second kappa shape index (κ2) is 6.07. The van der Waals surface area contributed by atoms with E-state index in [1.807, 2.05) is 11.3 Å². The van der Waals surface area contributed by atoms with E-state index in [0.29, 0.717) is 18.1 Å². The summed E-state index contributed by atoms with van der Waals surface area (Å²) in [5.74, 6) is 0. The van der Waals surface area contributed by atoms with Crippen molar-refractivity contribution >= 4 is 21.4 Å². The SMILES string of the molecule is Cc1c(C(C)NN2C(C)CCCC2C)sc2ccccc12. The molecule has 1 aromatic heterocycles. The zero-order valence-corrected chi connectivity index (χ0v) is 14.3. The fourth-order valence-electron chi connectivity index (χ4n) is 3.56. The number of fused-ring (bicyclic) bond motifs is 1. The van der Waals surface area contributed by atoms with Crippen LogP contribution < -0.4 is 5.43 Å². The molecule has 3 atom stereocenters. The Bertz CT molecular complexity index is 609. The fourth-order valence-corrected chi connectivity index (χ4v) is 4.77. The maximum atomic E-state index is 3.78. The van der Waals surface area contributed by atoms with Crippen LogP contribution in [0.25, 0.3) is 10.1 Å². The molecule has 1 fully saturated rings. The summed E-state index contributed by atoms with van der Waals surface area (Å²) in [7, 11) is 0. The van der Waals surface area contributed by atoms with Crippen molar-refractivity contribution in [2.75, 3.05) is 0 Å². The lowest BCUT2D eigenvalue weighted by Crippen LogP contribution is -2.52. The molecule has 0 radical (unpaired) electrons. The van der Waals surface area contributed by atoms with Crippen LogP contribution in [0.15, 0.2) is 24.3 Å². The highest BCUT2D eigenvalue weighted by molar-refractivity contribution is 7.19. The molecule has 114 valence electrons. The summed E-state index contributed by atoms with van der Waals surface area (Å²) in [6.45, 7) is 9.24. The van der Waals surface area contributed by atoms with Crippen LogP contribution in [0.1, 0.15) is 56.5 Å². The van der Waals surface area contributed by atoms with Crippen LogP contribution in [0.4, 0.5) is 0 Å². The van der Waals surface area contributed by atoms with Gasteiger partial charge < -0.3 is 0 Å². The number of rotatable bonds is 3. The number of hydrogen-bond acceptors (Lipinski definition) is 3. The van der Waals surface area contributed by atoms with Gasteiger partial charge >= 0.3 is 0 Å². The van der Waals surface area contributed by atoms with Crippen LogP contribution in [-0.2, 0) is 0 Å². The number of thiophene rings is 1. The average Bonchev–Trinajstić information content (AvgIpc) is 2.81. The predicted octanol–water partition coefficient (Wildman–Crippen LogP) is 5.04. The van der Waals surface area contributed by atoms with Gasteiger partial charge in [-0.2, -0.15) is 0 Å². The number of hydrazine groups is 1. The fraction of sp³-hybridized carbons (Fsp3) is 0.556. The van der Waals surface area contributed by atoms with E-state index in [1.54, 1.807) is 0 Å². The van der Waals surface area contributed by atoms with Crippen molar-refractivity contribution in [1.29, 1.82) is 0 Å². The lowest BCUT2D eigenvalue weighted by molar-refractivity contribution is 0.0325. The summed E-state index contributed by atoms with van der Waals surface area (Å²) in [5, 5.41) is 3.89. The Morgan fingerprint density at radius 2 is 1.86 bits per heavy atom. The minimum atomic E-state index is 0.380. The van der Waals surface area contributed by atoms with Gasteiger partial charge in [0.2, 0.25) is 0 Å². The van der Waals surface area contributed by atoms with Crippen LogP contribution in [0.3, 0.4) is 0 Å². The highest BCUT2D eigenvalue weighted by Crippen LogP contribution is 2.35. The highest BCUT2D eigenvalue weighted by atomic mass is 32.1. The van der Waals surface area contributed by atoms with E-state index < -0.39 is 0 Å². The van der Waals surface area contributed by atoms with Crippen LogP contribution in [0, 0.1) is 6.92 Å². The van der Waals surface area contributed by atoms with Gasteiger partial charge in [0.25, 0.3) is 0 Å². The Balaban J connectivity index is 1.83. The number of benzene rings is 1. The van der Waals surface area contributed by atoms with Crippen LogP contribution in [0.2, 0.25) is 0 Å². The summed E-state index contributed by atoms with van der Waals surface area (Å²) in [4.78, 5) is 1.47. The van der Waals surface area contributed by atoms with Gasteiger partial charge in [-0.3, -0.25) is 0 Å². The maximum absolute atomic E-state index is 3.78. The van der Waals surface area contributed by atoms with Gasteiger partial charge in [-0.15, -0.1) is 11.3 Å². The van der Waals surface area contributed by atoms with E-state index in [2.05, 4.69) is 62.4 Å². The molecule has 2 aromatic rings. The number of nitrogens with zero attached hydrogens (tertiary/aromatic N) is 1. The summed E-state index contributed by atoms with van der Waals surface area (Å²) in [6, 6.07) is 10.4. The molecule has 0 aliphatic carbocycles. The minimum absolute atomic E-state index is 0.380. The molecule has 0 bridgehead atoms. The van der Waals surface area contributed by atoms with Crippen molar-refractivity contribution < 1.29 is 0 Å². The van der Waals surface area contributed by atoms with Gasteiger partial charge in [0, 0.05) is 21.7 Å². The van der Waals surface area contributed by atoms with Gasteiger partial charge in [0.05, 0.1) is 6.04 Å². The van der Waals surface area contributed by atoms with Crippen molar-refractivity contribution in [1.82, 2.24) is 10.4 Å². The largest absolute Gasteiger partial charge is 0.247 e. The van der Waals surface area contributed by atoms with E-state index >= 15 is 0 Å². The molecule has 1 aliphatic rings. The quantitative estimate of drug-likeness (QED) is 0.854. The minimum Gasteiger partial charge on any atom is -0.247 e. The second-order valence-electron chi connectivity index (χ2n) is 6.47. The first-order valence-corrected chi connectivity index (χ1v) is 8.92. The van der Waals surface area contributed by atoms with Crippen molar-refractivity contribution in [3.8, 4) is 0 Å². The standard InChI is InChI=1S/C18H26N2S/c1-12-8-7-9-13(2)20(12)19-15(4)18-14(3)16-10-5-6-11-17(16)21-18/h5-6,10-13,15,19H,7-9H2,1-4H3. The van der Waals surface area contributed by atoms with E-state index in [-0.39, 0.29) is 0 Å². The molecular formula is C18H26N2S. The van der Waals surface area contributed by atoms with Gasteiger partial charge in [-0.05, 0) is 57.6 Å². The third-order valence-electron chi connectivity index (χ3n) is 4.81. The van der Waals surface area contributed by atoms with Gasteiger partial charge in [-0.25, -0.2) is 10.4 Å². The molecular weight excluding hydrogens is 276 g/mol. The molecule has 3 heteroatoms. The average molecular weight is 302 g/mol. The van der Waals surface area contributed by atoms with Gasteiger partial charge in [0.15, 0.2) is 0 Å². The molecule has 1 aliphatic heterocycles. The Kier molecular flexibility index (Phi) is 4.34. The zero-order valence-electron chi connectivity index (χ0n) is 13.5. The van der Waals surface area contributed by atoms with Crippen LogP contribution >= 0.6 is 11.3 Å². The number of piperidine rings is 1. The molecule has 1 aromatic carbocycles. The van der Waals surface area contributed by atoms with E-state index in [4.69, 9.17) is 0 Å². The lowest BCUT2D eigenvalue weighted by atomic mass is 9.99. The summed E-state index contributed by atoms with van der Waals surface area (Å²) in [6.07, 6.45) is 3.96.